The Balaban J connectivity index is 2.04. The molecular weight excluding hydrogens is 345 g/mol. The number of hydrogen-bond acceptors (Lipinski definition) is 3. The molecule has 0 bridgehead atoms. The largest absolute Gasteiger partial charge is 0.352 e. The first-order chi connectivity index (χ1) is 10.3. The zero-order valence-electron chi connectivity index (χ0n) is 12.3. The quantitative estimate of drug-likeness (QED) is 0.872. The summed E-state index contributed by atoms with van der Waals surface area (Å²) in [7, 11) is -3.60. The Hall–Kier alpha value is -0.780. The van der Waals surface area contributed by atoms with Crippen LogP contribution in [0.3, 0.4) is 0 Å². The summed E-state index contributed by atoms with van der Waals surface area (Å²) in [6.07, 6.45) is 4.00. The average molecular weight is 364 g/mol. The van der Waals surface area contributed by atoms with Crippen LogP contribution in [-0.2, 0) is 20.4 Å². The van der Waals surface area contributed by atoms with Crippen molar-refractivity contribution in [2.75, 3.05) is 0 Å². The number of carbonyl (C=O) groups is 1. The normalized spacial score (nSPS) is 17.4. The summed E-state index contributed by atoms with van der Waals surface area (Å²) in [5.74, 6) is -0.657. The Labute approximate surface area is 141 Å². The van der Waals surface area contributed by atoms with E-state index in [0.29, 0.717) is 15.6 Å². The number of carbonyl (C=O) groups excluding carboxylic acids is 1. The van der Waals surface area contributed by atoms with E-state index in [-0.39, 0.29) is 11.8 Å². The maximum absolute atomic E-state index is 12.4. The van der Waals surface area contributed by atoms with Gasteiger partial charge in [-0.25, -0.2) is 8.42 Å². The van der Waals surface area contributed by atoms with Gasteiger partial charge in [0.25, 0.3) is 0 Å². The van der Waals surface area contributed by atoms with Crippen LogP contribution in [0.15, 0.2) is 18.2 Å². The summed E-state index contributed by atoms with van der Waals surface area (Å²) >= 11 is 11.7. The van der Waals surface area contributed by atoms with E-state index >= 15 is 0 Å². The van der Waals surface area contributed by atoms with Gasteiger partial charge < -0.3 is 5.32 Å². The van der Waals surface area contributed by atoms with Gasteiger partial charge in [0.15, 0.2) is 9.84 Å². The molecule has 1 N–H and O–H groups in total. The van der Waals surface area contributed by atoms with Gasteiger partial charge in [-0.15, -0.1) is 0 Å². The van der Waals surface area contributed by atoms with Crippen LogP contribution < -0.4 is 5.32 Å². The number of sulfone groups is 1. The zero-order valence-corrected chi connectivity index (χ0v) is 14.6. The molecule has 1 amide bonds. The lowest BCUT2D eigenvalue weighted by Gasteiger charge is -2.17. The Kier molecular flexibility index (Phi) is 5.75. The van der Waals surface area contributed by atoms with Gasteiger partial charge in [0.1, 0.15) is 5.25 Å². The minimum absolute atomic E-state index is 0.107. The van der Waals surface area contributed by atoms with Crippen molar-refractivity contribution < 1.29 is 13.2 Å². The van der Waals surface area contributed by atoms with Crippen LogP contribution in [0.4, 0.5) is 0 Å². The Morgan fingerprint density at radius 1 is 1.27 bits per heavy atom. The van der Waals surface area contributed by atoms with E-state index in [1.165, 1.54) is 13.0 Å². The van der Waals surface area contributed by atoms with E-state index in [2.05, 4.69) is 5.32 Å². The number of amides is 1. The van der Waals surface area contributed by atoms with Crippen molar-refractivity contribution in [1.29, 1.82) is 0 Å². The summed E-state index contributed by atoms with van der Waals surface area (Å²) < 4.78 is 24.7. The summed E-state index contributed by atoms with van der Waals surface area (Å²) in [6.45, 7) is 1.43. The lowest BCUT2D eigenvalue weighted by Crippen LogP contribution is -2.42. The van der Waals surface area contributed by atoms with Crippen LogP contribution in [0.25, 0.3) is 0 Å². The molecule has 7 heteroatoms. The summed E-state index contributed by atoms with van der Waals surface area (Å²) in [5, 5.41) is 2.42. The highest BCUT2D eigenvalue weighted by Crippen LogP contribution is 2.24. The first-order valence-electron chi connectivity index (χ1n) is 7.25. The SMILES string of the molecule is CC(C(=O)NC1CCCC1)S(=O)(=O)Cc1ccc(Cl)c(Cl)c1. The molecule has 4 nitrogen and oxygen atoms in total. The molecule has 122 valence electrons. The van der Waals surface area contributed by atoms with Crippen molar-refractivity contribution in [3.8, 4) is 0 Å². The number of hydrogen-bond donors (Lipinski definition) is 1. The van der Waals surface area contributed by atoms with E-state index in [1.807, 2.05) is 0 Å². The van der Waals surface area contributed by atoms with Crippen LogP contribution in [0, 0.1) is 0 Å². The zero-order chi connectivity index (χ0) is 16.3. The fourth-order valence-electron chi connectivity index (χ4n) is 2.54. The highest BCUT2D eigenvalue weighted by molar-refractivity contribution is 7.92. The van der Waals surface area contributed by atoms with E-state index in [9.17, 15) is 13.2 Å². The molecule has 0 aromatic heterocycles. The van der Waals surface area contributed by atoms with Crippen molar-refractivity contribution in [1.82, 2.24) is 5.32 Å². The van der Waals surface area contributed by atoms with Crippen molar-refractivity contribution in [2.45, 2.75) is 49.7 Å². The van der Waals surface area contributed by atoms with Crippen molar-refractivity contribution in [3.63, 3.8) is 0 Å². The maximum atomic E-state index is 12.4. The topological polar surface area (TPSA) is 63.2 Å². The fraction of sp³-hybridized carbons (Fsp3) is 0.533. The molecular formula is C15H19Cl2NO3S. The lowest BCUT2D eigenvalue weighted by atomic mass is 10.2. The van der Waals surface area contributed by atoms with Crippen LogP contribution in [-0.4, -0.2) is 25.6 Å². The Morgan fingerprint density at radius 3 is 2.50 bits per heavy atom. The van der Waals surface area contributed by atoms with Crippen LogP contribution in [0.1, 0.15) is 38.2 Å². The standard InChI is InChI=1S/C15H19Cl2NO3S/c1-10(15(19)18-12-4-2-3-5-12)22(20,21)9-11-6-7-13(16)14(17)8-11/h6-8,10,12H,2-5,9H2,1H3,(H,18,19). The van der Waals surface area contributed by atoms with Gasteiger partial charge in [0.2, 0.25) is 5.91 Å². The molecule has 1 fully saturated rings. The van der Waals surface area contributed by atoms with E-state index in [4.69, 9.17) is 23.2 Å². The molecule has 0 heterocycles. The highest BCUT2D eigenvalue weighted by Gasteiger charge is 2.30. The summed E-state index contributed by atoms with van der Waals surface area (Å²) in [4.78, 5) is 12.1. The molecule has 1 atom stereocenters. The fourth-order valence-corrected chi connectivity index (χ4v) is 4.15. The minimum Gasteiger partial charge on any atom is -0.352 e. The molecule has 1 aliphatic carbocycles. The third-order valence-corrected chi connectivity index (χ3v) is 6.73. The lowest BCUT2D eigenvalue weighted by molar-refractivity contribution is -0.121. The van der Waals surface area contributed by atoms with Gasteiger partial charge in [-0.3, -0.25) is 4.79 Å². The van der Waals surface area contributed by atoms with Crippen molar-refractivity contribution >= 4 is 38.9 Å². The second kappa shape index (κ2) is 7.20. The maximum Gasteiger partial charge on any atom is 0.238 e. The smallest absolute Gasteiger partial charge is 0.238 e. The minimum atomic E-state index is -3.60. The predicted octanol–water partition coefficient (Wildman–Crippen LogP) is 3.36. The van der Waals surface area contributed by atoms with Crippen molar-refractivity contribution in [3.05, 3.63) is 33.8 Å². The van der Waals surface area contributed by atoms with Gasteiger partial charge in [0.05, 0.1) is 15.8 Å². The number of rotatable bonds is 5. The molecule has 22 heavy (non-hydrogen) atoms. The molecule has 1 aromatic carbocycles. The highest BCUT2D eigenvalue weighted by atomic mass is 35.5. The number of halogens is 2. The predicted molar refractivity (Wildman–Crippen MR) is 88.9 cm³/mol. The molecule has 0 spiro atoms. The molecule has 0 aliphatic heterocycles. The molecule has 1 saturated carbocycles. The van der Waals surface area contributed by atoms with Crippen molar-refractivity contribution in [2.24, 2.45) is 0 Å². The first-order valence-corrected chi connectivity index (χ1v) is 9.72. The molecule has 1 aromatic rings. The Bertz CT molecular complexity index is 655. The van der Waals surface area contributed by atoms with Crippen LogP contribution in [0.5, 0.6) is 0 Å². The van der Waals surface area contributed by atoms with E-state index in [1.54, 1.807) is 12.1 Å². The summed E-state index contributed by atoms with van der Waals surface area (Å²) in [5.41, 5.74) is 0.523. The van der Waals surface area contributed by atoms with Crippen LogP contribution in [0.2, 0.25) is 10.0 Å². The van der Waals surface area contributed by atoms with Gasteiger partial charge >= 0.3 is 0 Å². The molecule has 2 rings (SSSR count). The monoisotopic (exact) mass is 363 g/mol. The van der Waals surface area contributed by atoms with E-state index < -0.39 is 21.0 Å². The number of nitrogens with one attached hydrogen (secondary N) is 1. The average Bonchev–Trinajstić information content (AvgIpc) is 2.94. The Morgan fingerprint density at radius 2 is 1.91 bits per heavy atom. The second-order valence-corrected chi connectivity index (χ2v) is 8.82. The molecule has 0 radical (unpaired) electrons. The van der Waals surface area contributed by atoms with Crippen LogP contribution >= 0.6 is 23.2 Å². The molecule has 1 unspecified atom stereocenters. The molecule has 1 aliphatic rings. The van der Waals surface area contributed by atoms with E-state index in [0.717, 1.165) is 25.7 Å². The molecule has 0 saturated heterocycles. The first kappa shape index (κ1) is 17.6. The van der Waals surface area contributed by atoms with Gasteiger partial charge in [-0.05, 0) is 37.5 Å². The van der Waals surface area contributed by atoms with Gasteiger partial charge in [-0.2, -0.15) is 0 Å². The third kappa shape index (κ3) is 4.37. The van der Waals surface area contributed by atoms with Gasteiger partial charge in [0, 0.05) is 6.04 Å². The van der Waals surface area contributed by atoms with Gasteiger partial charge in [-0.1, -0.05) is 42.1 Å². The third-order valence-electron chi connectivity index (χ3n) is 3.96. The second-order valence-electron chi connectivity index (χ2n) is 5.69. The summed E-state index contributed by atoms with van der Waals surface area (Å²) in [6, 6.07) is 4.78. The number of benzene rings is 1.